The van der Waals surface area contributed by atoms with Crippen molar-refractivity contribution in [3.8, 4) is 11.5 Å². The molecule has 0 bridgehead atoms. The van der Waals surface area contributed by atoms with Crippen LogP contribution in [0.15, 0.2) is 55.1 Å². The van der Waals surface area contributed by atoms with Gasteiger partial charge in [-0.1, -0.05) is 24.3 Å². The number of para-hydroxylation sites is 1. The van der Waals surface area contributed by atoms with Crippen molar-refractivity contribution in [1.82, 2.24) is 0 Å². The average Bonchev–Trinajstić information content (AvgIpc) is 2.50. The fraction of sp³-hybridized carbons (Fsp3) is 0.118. The summed E-state index contributed by atoms with van der Waals surface area (Å²) in [6, 6.07) is 12.4. The summed E-state index contributed by atoms with van der Waals surface area (Å²) in [5.41, 5.74) is 1.68. The third-order valence-corrected chi connectivity index (χ3v) is 3.01. The molecule has 2 rings (SSSR count). The summed E-state index contributed by atoms with van der Waals surface area (Å²) in [6.07, 6.45) is 2.31. The molecule has 0 saturated carbocycles. The Bertz CT molecular complexity index is 651. The summed E-state index contributed by atoms with van der Waals surface area (Å²) in [4.78, 5) is 12.3. The number of carbonyl (C=O) groups excluding carboxylic acids is 1. The van der Waals surface area contributed by atoms with E-state index in [-0.39, 0.29) is 23.0 Å². The summed E-state index contributed by atoms with van der Waals surface area (Å²) in [7, 11) is 1.45. The number of nitrogens with one attached hydrogen (secondary N) is 1. The van der Waals surface area contributed by atoms with Gasteiger partial charge in [0.1, 0.15) is 0 Å². The monoisotopic (exact) mass is 283 g/mol. The van der Waals surface area contributed by atoms with Gasteiger partial charge in [0.2, 0.25) is 0 Å². The topological polar surface area (TPSA) is 58.6 Å². The van der Waals surface area contributed by atoms with Gasteiger partial charge in [-0.15, -0.1) is 6.58 Å². The lowest BCUT2D eigenvalue weighted by molar-refractivity contribution is 0.102. The minimum atomic E-state index is -0.386. The van der Waals surface area contributed by atoms with E-state index in [1.165, 1.54) is 7.11 Å². The van der Waals surface area contributed by atoms with Crippen molar-refractivity contribution in [2.24, 2.45) is 0 Å². The number of rotatable bonds is 5. The highest BCUT2D eigenvalue weighted by molar-refractivity contribution is 6.06. The summed E-state index contributed by atoms with van der Waals surface area (Å²) in [6.45, 7) is 3.67. The number of aromatic hydroxyl groups is 1. The van der Waals surface area contributed by atoms with Crippen molar-refractivity contribution in [3.63, 3.8) is 0 Å². The van der Waals surface area contributed by atoms with Crippen LogP contribution in [0.1, 0.15) is 15.9 Å². The molecular weight excluding hydrogens is 266 g/mol. The maximum absolute atomic E-state index is 12.3. The number of benzene rings is 2. The lowest BCUT2D eigenvalue weighted by atomic mass is 10.1. The van der Waals surface area contributed by atoms with E-state index in [9.17, 15) is 9.90 Å². The molecule has 0 spiro atoms. The first kappa shape index (κ1) is 14.7. The second-order valence-corrected chi connectivity index (χ2v) is 4.51. The molecule has 4 heteroatoms. The first-order valence-corrected chi connectivity index (χ1v) is 6.53. The van der Waals surface area contributed by atoms with Crippen LogP contribution in [0.3, 0.4) is 0 Å². The first-order valence-electron chi connectivity index (χ1n) is 6.53. The van der Waals surface area contributed by atoms with E-state index >= 15 is 0 Å². The number of phenols is 1. The van der Waals surface area contributed by atoms with E-state index in [0.29, 0.717) is 12.1 Å². The van der Waals surface area contributed by atoms with Crippen LogP contribution in [-0.2, 0) is 6.42 Å². The Morgan fingerprint density at radius 2 is 2.05 bits per heavy atom. The van der Waals surface area contributed by atoms with E-state index in [0.717, 1.165) is 5.56 Å². The SMILES string of the molecule is C=CCc1cc(OC)c(O)c(C(=O)Nc2ccccc2)c1. The predicted molar refractivity (Wildman–Crippen MR) is 83.0 cm³/mol. The fourth-order valence-corrected chi connectivity index (χ4v) is 2.00. The van der Waals surface area contributed by atoms with E-state index < -0.39 is 0 Å². The van der Waals surface area contributed by atoms with Crippen LogP contribution in [0.25, 0.3) is 0 Å². The molecule has 0 aromatic heterocycles. The number of amides is 1. The molecule has 0 aliphatic rings. The van der Waals surface area contributed by atoms with Crippen LogP contribution in [0, 0.1) is 0 Å². The van der Waals surface area contributed by atoms with E-state index in [1.807, 2.05) is 18.2 Å². The van der Waals surface area contributed by atoms with E-state index in [4.69, 9.17) is 4.74 Å². The number of carbonyl (C=O) groups is 1. The normalized spacial score (nSPS) is 9.95. The number of phenolic OH excluding ortho intramolecular Hbond substituents is 1. The lowest BCUT2D eigenvalue weighted by Crippen LogP contribution is -2.12. The minimum Gasteiger partial charge on any atom is -0.504 e. The maximum Gasteiger partial charge on any atom is 0.259 e. The van der Waals surface area contributed by atoms with Crippen LogP contribution < -0.4 is 10.1 Å². The molecule has 2 aromatic carbocycles. The van der Waals surface area contributed by atoms with Crippen LogP contribution in [-0.4, -0.2) is 18.1 Å². The molecule has 0 radical (unpaired) electrons. The van der Waals surface area contributed by atoms with E-state index in [1.54, 1.807) is 30.3 Å². The molecule has 0 atom stereocenters. The third-order valence-electron chi connectivity index (χ3n) is 3.01. The van der Waals surface area contributed by atoms with Crippen LogP contribution >= 0.6 is 0 Å². The standard InChI is InChI=1S/C17H17NO3/c1-3-7-12-10-14(16(19)15(11-12)21-2)17(20)18-13-8-5-4-6-9-13/h3-6,8-11,19H,1,7H2,2H3,(H,18,20). The highest BCUT2D eigenvalue weighted by Gasteiger charge is 2.17. The molecule has 0 unspecified atom stereocenters. The number of hydrogen-bond acceptors (Lipinski definition) is 3. The van der Waals surface area contributed by atoms with Crippen LogP contribution in [0.4, 0.5) is 5.69 Å². The van der Waals surface area contributed by atoms with Crippen molar-refractivity contribution >= 4 is 11.6 Å². The zero-order chi connectivity index (χ0) is 15.2. The van der Waals surface area contributed by atoms with Gasteiger partial charge in [-0.3, -0.25) is 4.79 Å². The van der Waals surface area contributed by atoms with Gasteiger partial charge in [0, 0.05) is 5.69 Å². The summed E-state index contributed by atoms with van der Waals surface area (Å²) in [5.74, 6) is -0.283. The predicted octanol–water partition coefficient (Wildman–Crippen LogP) is 3.38. The second kappa shape index (κ2) is 6.61. The number of ether oxygens (including phenoxy) is 1. The Balaban J connectivity index is 2.35. The Labute approximate surface area is 123 Å². The first-order chi connectivity index (χ1) is 10.2. The molecule has 0 saturated heterocycles. The van der Waals surface area contributed by atoms with Gasteiger partial charge < -0.3 is 15.2 Å². The zero-order valence-electron chi connectivity index (χ0n) is 11.8. The quantitative estimate of drug-likeness (QED) is 0.827. The maximum atomic E-state index is 12.3. The van der Waals surface area contributed by atoms with Crippen molar-refractivity contribution in [3.05, 3.63) is 66.2 Å². The van der Waals surface area contributed by atoms with Gasteiger partial charge in [-0.05, 0) is 36.2 Å². The van der Waals surface area contributed by atoms with Crippen molar-refractivity contribution in [2.75, 3.05) is 12.4 Å². The van der Waals surface area contributed by atoms with Gasteiger partial charge in [0.15, 0.2) is 11.5 Å². The molecule has 2 aromatic rings. The highest BCUT2D eigenvalue weighted by Crippen LogP contribution is 2.32. The number of hydrogen-bond donors (Lipinski definition) is 2. The molecule has 0 fully saturated rings. The zero-order valence-corrected chi connectivity index (χ0v) is 11.8. The van der Waals surface area contributed by atoms with Crippen molar-refractivity contribution in [1.29, 1.82) is 0 Å². The molecule has 4 nitrogen and oxygen atoms in total. The van der Waals surface area contributed by atoms with Gasteiger partial charge in [0.25, 0.3) is 5.91 Å². The molecular formula is C17H17NO3. The molecule has 2 N–H and O–H groups in total. The van der Waals surface area contributed by atoms with Gasteiger partial charge in [0.05, 0.1) is 12.7 Å². The number of anilines is 1. The molecule has 0 aliphatic carbocycles. The van der Waals surface area contributed by atoms with Gasteiger partial charge in [-0.2, -0.15) is 0 Å². The average molecular weight is 283 g/mol. The third kappa shape index (κ3) is 3.42. The van der Waals surface area contributed by atoms with Gasteiger partial charge in [-0.25, -0.2) is 0 Å². The van der Waals surface area contributed by atoms with Crippen LogP contribution in [0.2, 0.25) is 0 Å². The summed E-state index contributed by atoms with van der Waals surface area (Å²) in [5, 5.41) is 12.9. The van der Waals surface area contributed by atoms with E-state index in [2.05, 4.69) is 11.9 Å². The Kier molecular flexibility index (Phi) is 4.61. The van der Waals surface area contributed by atoms with Crippen molar-refractivity contribution < 1.29 is 14.6 Å². The number of methoxy groups -OCH3 is 1. The Hall–Kier alpha value is -2.75. The second-order valence-electron chi connectivity index (χ2n) is 4.51. The Morgan fingerprint density at radius 3 is 2.67 bits per heavy atom. The highest BCUT2D eigenvalue weighted by atomic mass is 16.5. The largest absolute Gasteiger partial charge is 0.504 e. The molecule has 108 valence electrons. The summed E-state index contributed by atoms with van der Waals surface area (Å²) >= 11 is 0. The Morgan fingerprint density at radius 1 is 1.33 bits per heavy atom. The fourth-order valence-electron chi connectivity index (χ4n) is 2.00. The molecule has 21 heavy (non-hydrogen) atoms. The lowest BCUT2D eigenvalue weighted by Gasteiger charge is -2.12. The van der Waals surface area contributed by atoms with Crippen LogP contribution in [0.5, 0.6) is 11.5 Å². The summed E-state index contributed by atoms with van der Waals surface area (Å²) < 4.78 is 5.11. The molecule has 0 aliphatic heterocycles. The molecule has 1 amide bonds. The minimum absolute atomic E-state index is 0.168. The van der Waals surface area contributed by atoms with Gasteiger partial charge >= 0.3 is 0 Å². The van der Waals surface area contributed by atoms with Crippen molar-refractivity contribution in [2.45, 2.75) is 6.42 Å². The number of allylic oxidation sites excluding steroid dienone is 1. The molecule has 0 heterocycles. The smallest absolute Gasteiger partial charge is 0.259 e.